The molecule has 8 atom stereocenters. The predicted molar refractivity (Wildman–Crippen MR) is 135 cm³/mol. The predicted octanol–water partition coefficient (Wildman–Crippen LogP) is 4.68. The Hall–Kier alpha value is -0.690. The number of aliphatic hydroxyl groups is 1. The smallest absolute Gasteiger partial charge is 0.322 e. The fourth-order valence-corrected chi connectivity index (χ4v) is 9.56. The molecule has 1 spiro atoms. The van der Waals surface area contributed by atoms with E-state index in [4.69, 9.17) is 14.2 Å². The minimum Gasteiger partial charge on any atom is -0.468 e. The molecule has 0 aromatic heterocycles. The largest absolute Gasteiger partial charge is 0.468 e. The van der Waals surface area contributed by atoms with E-state index in [0.717, 1.165) is 57.2 Å². The molecule has 4 saturated carbocycles. The summed E-state index contributed by atoms with van der Waals surface area (Å²) >= 11 is 0. The van der Waals surface area contributed by atoms with E-state index in [1.807, 2.05) is 0 Å². The second kappa shape index (κ2) is 9.25. The molecule has 5 aliphatic rings. The van der Waals surface area contributed by atoms with E-state index >= 15 is 0 Å². The summed E-state index contributed by atoms with van der Waals surface area (Å²) in [6.45, 7) is 11.2. The monoisotopic (exact) mass is 491 g/mol. The summed E-state index contributed by atoms with van der Waals surface area (Å²) < 4.78 is 17.6. The van der Waals surface area contributed by atoms with Gasteiger partial charge in [-0.2, -0.15) is 0 Å². The van der Waals surface area contributed by atoms with Crippen molar-refractivity contribution in [1.82, 2.24) is 5.32 Å². The lowest BCUT2D eigenvalue weighted by molar-refractivity contribution is -0.249. The highest BCUT2D eigenvalue weighted by Crippen LogP contribution is 2.69. The fraction of sp³-hybridized carbons (Fsp3) is 0.966. The number of ether oxygens (including phenoxy) is 3. The van der Waals surface area contributed by atoms with Gasteiger partial charge in [0.25, 0.3) is 0 Å². The molecule has 200 valence electrons. The van der Waals surface area contributed by atoms with E-state index in [9.17, 15) is 9.90 Å². The van der Waals surface area contributed by atoms with Crippen molar-refractivity contribution < 1.29 is 24.1 Å². The van der Waals surface area contributed by atoms with Crippen molar-refractivity contribution in [1.29, 1.82) is 0 Å². The minimum atomic E-state index is -0.744. The lowest BCUT2D eigenvalue weighted by atomic mass is 9.44. The van der Waals surface area contributed by atoms with Crippen molar-refractivity contribution in [3.63, 3.8) is 0 Å². The van der Waals surface area contributed by atoms with E-state index < -0.39 is 5.60 Å². The Morgan fingerprint density at radius 3 is 2.43 bits per heavy atom. The van der Waals surface area contributed by atoms with Crippen molar-refractivity contribution in [2.75, 3.05) is 26.9 Å². The maximum Gasteiger partial charge on any atom is 0.322 e. The first-order valence-electron chi connectivity index (χ1n) is 14.4. The van der Waals surface area contributed by atoms with Crippen LogP contribution in [0, 0.1) is 40.4 Å². The number of carbonyl (C=O) groups is 1. The van der Waals surface area contributed by atoms with Gasteiger partial charge in [0.1, 0.15) is 6.04 Å². The standard InChI is InChI=1S/C29H49NO5/c1-19(2)16-24(25(31)33-5)30-18-28(32)13-12-26(3)20(17-28)6-7-21-22(26)8-10-27(4)23(21)9-11-29(27)34-14-15-35-29/h19-24,30,32H,6-18H2,1-5H3/t20?,21-,22+,23+,24-,26+,27+,28-/m1/s1. The van der Waals surface area contributed by atoms with Gasteiger partial charge in [-0.3, -0.25) is 4.79 Å². The van der Waals surface area contributed by atoms with Crippen molar-refractivity contribution in [2.24, 2.45) is 40.4 Å². The van der Waals surface area contributed by atoms with E-state index in [1.54, 1.807) is 0 Å². The zero-order valence-corrected chi connectivity index (χ0v) is 22.7. The number of hydrogen-bond donors (Lipinski definition) is 2. The van der Waals surface area contributed by atoms with Gasteiger partial charge in [0.15, 0.2) is 5.79 Å². The van der Waals surface area contributed by atoms with Crippen LogP contribution in [0.15, 0.2) is 0 Å². The van der Waals surface area contributed by atoms with Gasteiger partial charge in [-0.05, 0) is 92.8 Å². The summed E-state index contributed by atoms with van der Waals surface area (Å²) in [7, 11) is 1.45. The van der Waals surface area contributed by atoms with Crippen LogP contribution in [0.2, 0.25) is 0 Å². The molecule has 6 nitrogen and oxygen atoms in total. The van der Waals surface area contributed by atoms with Gasteiger partial charge < -0.3 is 24.6 Å². The topological polar surface area (TPSA) is 77.0 Å². The Kier molecular flexibility index (Phi) is 6.86. The molecule has 35 heavy (non-hydrogen) atoms. The highest BCUT2D eigenvalue weighted by Gasteiger charge is 2.67. The maximum atomic E-state index is 12.3. The van der Waals surface area contributed by atoms with Gasteiger partial charge in [-0.1, -0.05) is 27.7 Å². The molecule has 5 fully saturated rings. The molecule has 1 unspecified atom stereocenters. The summed E-state index contributed by atoms with van der Waals surface area (Å²) in [6, 6.07) is -0.348. The molecular formula is C29H49NO5. The second-order valence-corrected chi connectivity index (χ2v) is 13.6. The first kappa shape index (κ1) is 25.9. The first-order valence-corrected chi connectivity index (χ1v) is 14.4. The SMILES string of the molecule is COC(=O)[C@@H](CC(C)C)NC[C@@]1(O)CC[C@@]2(C)C(CC[C@@H]3[C@@H]2CC[C@@]2(C)[C@H]3CCC23OCCO3)C1. The molecule has 1 heterocycles. The van der Waals surface area contributed by atoms with Crippen LogP contribution in [0.4, 0.5) is 0 Å². The lowest BCUT2D eigenvalue weighted by Gasteiger charge is -2.62. The van der Waals surface area contributed by atoms with Gasteiger partial charge in [0, 0.05) is 18.4 Å². The zero-order valence-electron chi connectivity index (χ0n) is 22.7. The van der Waals surface area contributed by atoms with Gasteiger partial charge in [-0.25, -0.2) is 0 Å². The number of fused-ring (bicyclic) bond motifs is 6. The number of nitrogens with one attached hydrogen (secondary N) is 1. The maximum absolute atomic E-state index is 12.3. The summed E-state index contributed by atoms with van der Waals surface area (Å²) in [6.07, 6.45) is 10.7. The van der Waals surface area contributed by atoms with Crippen LogP contribution in [-0.4, -0.2) is 55.4 Å². The highest BCUT2D eigenvalue weighted by molar-refractivity contribution is 5.75. The van der Waals surface area contributed by atoms with Crippen molar-refractivity contribution in [3.8, 4) is 0 Å². The molecule has 0 radical (unpaired) electrons. The van der Waals surface area contributed by atoms with E-state index in [0.29, 0.717) is 29.7 Å². The first-order chi connectivity index (χ1) is 16.6. The third-order valence-electron chi connectivity index (χ3n) is 11.5. The highest BCUT2D eigenvalue weighted by atomic mass is 16.7. The Morgan fingerprint density at radius 2 is 1.74 bits per heavy atom. The Bertz CT molecular complexity index is 796. The van der Waals surface area contributed by atoms with E-state index in [-0.39, 0.29) is 23.2 Å². The number of rotatable bonds is 6. The van der Waals surface area contributed by atoms with Gasteiger partial charge in [-0.15, -0.1) is 0 Å². The molecule has 1 saturated heterocycles. The summed E-state index contributed by atoms with van der Waals surface area (Å²) in [4.78, 5) is 12.3. The average molecular weight is 492 g/mol. The van der Waals surface area contributed by atoms with Crippen molar-refractivity contribution in [3.05, 3.63) is 0 Å². The lowest BCUT2D eigenvalue weighted by Crippen LogP contribution is -2.59. The second-order valence-electron chi connectivity index (χ2n) is 13.6. The van der Waals surface area contributed by atoms with Crippen molar-refractivity contribution >= 4 is 5.97 Å². The molecule has 0 amide bonds. The Morgan fingerprint density at radius 1 is 1.03 bits per heavy atom. The zero-order chi connectivity index (χ0) is 25.1. The molecule has 0 bridgehead atoms. The third-order valence-corrected chi connectivity index (χ3v) is 11.5. The molecule has 6 heteroatoms. The molecule has 5 rings (SSSR count). The fourth-order valence-electron chi connectivity index (χ4n) is 9.56. The minimum absolute atomic E-state index is 0.145. The van der Waals surface area contributed by atoms with Crippen LogP contribution in [0.25, 0.3) is 0 Å². The van der Waals surface area contributed by atoms with E-state index in [2.05, 4.69) is 33.0 Å². The Balaban J connectivity index is 1.26. The Labute approximate surface area is 212 Å². The molecule has 2 N–H and O–H groups in total. The van der Waals surface area contributed by atoms with Crippen molar-refractivity contribution in [2.45, 2.75) is 109 Å². The van der Waals surface area contributed by atoms with Gasteiger partial charge in [0.05, 0.1) is 25.9 Å². The molecule has 0 aromatic carbocycles. The normalized spacial score (nSPS) is 45.1. The van der Waals surface area contributed by atoms with Crippen LogP contribution in [-0.2, 0) is 19.0 Å². The summed E-state index contributed by atoms with van der Waals surface area (Å²) in [5.41, 5.74) is -0.303. The molecule has 4 aliphatic carbocycles. The average Bonchev–Trinajstić information content (AvgIpc) is 3.42. The van der Waals surface area contributed by atoms with Gasteiger partial charge >= 0.3 is 5.97 Å². The van der Waals surface area contributed by atoms with Gasteiger partial charge in [0.2, 0.25) is 0 Å². The summed E-state index contributed by atoms with van der Waals surface area (Å²) in [5, 5.41) is 15.0. The van der Waals surface area contributed by atoms with Crippen LogP contribution in [0.1, 0.15) is 91.9 Å². The van der Waals surface area contributed by atoms with Crippen LogP contribution in [0.3, 0.4) is 0 Å². The number of carbonyl (C=O) groups excluding carboxylic acids is 1. The van der Waals surface area contributed by atoms with Crippen LogP contribution < -0.4 is 5.32 Å². The molecular weight excluding hydrogens is 442 g/mol. The number of hydrogen-bond acceptors (Lipinski definition) is 6. The number of esters is 1. The van der Waals surface area contributed by atoms with Crippen LogP contribution in [0.5, 0.6) is 0 Å². The van der Waals surface area contributed by atoms with Crippen LogP contribution >= 0.6 is 0 Å². The number of methoxy groups -OCH3 is 1. The molecule has 0 aromatic rings. The molecule has 1 aliphatic heterocycles. The van der Waals surface area contributed by atoms with E-state index in [1.165, 1.54) is 39.2 Å². The quantitative estimate of drug-likeness (QED) is 0.526. The summed E-state index contributed by atoms with van der Waals surface area (Å²) in [5.74, 6) is 2.56. The third kappa shape index (κ3) is 4.19.